The Morgan fingerprint density at radius 1 is 1.00 bits per heavy atom. The summed E-state index contributed by atoms with van der Waals surface area (Å²) in [5, 5.41) is 2.68. The number of rotatable bonds is 5. The maximum Gasteiger partial charge on any atom is 0.257 e. The molecular formula is C18H16Cl2N2O5S. The lowest BCUT2D eigenvalue weighted by Gasteiger charge is -2.19. The molecule has 0 unspecified atom stereocenters. The first-order chi connectivity index (χ1) is 13.3. The number of hydrogen-bond acceptors (Lipinski definition) is 5. The number of ether oxygens (including phenoxy) is 2. The van der Waals surface area contributed by atoms with E-state index in [2.05, 4.69) is 10.0 Å². The van der Waals surface area contributed by atoms with Gasteiger partial charge in [-0.25, -0.2) is 13.1 Å². The highest BCUT2D eigenvalue weighted by molar-refractivity contribution is 7.89. The van der Waals surface area contributed by atoms with Gasteiger partial charge in [0.2, 0.25) is 10.0 Å². The van der Waals surface area contributed by atoms with E-state index in [-0.39, 0.29) is 26.5 Å². The molecule has 7 nitrogen and oxygen atoms in total. The van der Waals surface area contributed by atoms with Crippen molar-refractivity contribution in [1.82, 2.24) is 4.72 Å². The van der Waals surface area contributed by atoms with Crippen LogP contribution in [0.5, 0.6) is 11.5 Å². The van der Waals surface area contributed by atoms with Gasteiger partial charge < -0.3 is 14.8 Å². The number of halogens is 2. The summed E-state index contributed by atoms with van der Waals surface area (Å²) in [5.41, 5.74) is 0.456. The molecule has 0 atom stereocenters. The van der Waals surface area contributed by atoms with Crippen LogP contribution < -0.4 is 19.5 Å². The van der Waals surface area contributed by atoms with Crippen LogP contribution in [-0.2, 0) is 10.0 Å². The molecule has 1 aliphatic heterocycles. The van der Waals surface area contributed by atoms with Crippen molar-refractivity contribution in [1.29, 1.82) is 0 Å². The van der Waals surface area contributed by atoms with Crippen molar-refractivity contribution < 1.29 is 22.7 Å². The van der Waals surface area contributed by atoms with Gasteiger partial charge >= 0.3 is 0 Å². The standard InChI is InChI=1S/C18H16Cl2N2O5S/c19-13-9-14(20)17(28(24,25)22-10-1-2-10)8-12(13)18(23)21-11-3-4-15-16(7-11)27-6-5-26-15/h3-4,7-10,22H,1-2,5-6H2,(H,21,23). The van der Waals surface area contributed by atoms with E-state index in [0.717, 1.165) is 12.8 Å². The normalized spacial score (nSPS) is 15.9. The summed E-state index contributed by atoms with van der Waals surface area (Å²) in [7, 11) is -3.84. The summed E-state index contributed by atoms with van der Waals surface area (Å²) in [6.07, 6.45) is 1.56. The van der Waals surface area contributed by atoms with Crippen molar-refractivity contribution in [2.24, 2.45) is 0 Å². The van der Waals surface area contributed by atoms with Gasteiger partial charge in [0.25, 0.3) is 5.91 Å². The molecule has 4 rings (SSSR count). The van der Waals surface area contributed by atoms with Crippen LogP contribution in [0.25, 0.3) is 0 Å². The Kier molecular flexibility index (Phi) is 5.13. The van der Waals surface area contributed by atoms with E-state index in [0.29, 0.717) is 30.4 Å². The number of carbonyl (C=O) groups is 1. The fourth-order valence-electron chi connectivity index (χ4n) is 2.71. The van der Waals surface area contributed by atoms with Crippen LogP contribution in [0.3, 0.4) is 0 Å². The molecule has 1 heterocycles. The lowest BCUT2D eigenvalue weighted by molar-refractivity contribution is 0.102. The molecule has 1 saturated carbocycles. The predicted octanol–water partition coefficient (Wildman–Crippen LogP) is 3.46. The molecule has 0 radical (unpaired) electrons. The molecule has 2 aliphatic rings. The second-order valence-electron chi connectivity index (χ2n) is 6.47. The summed E-state index contributed by atoms with van der Waals surface area (Å²) >= 11 is 12.2. The van der Waals surface area contributed by atoms with Gasteiger partial charge in [0.15, 0.2) is 11.5 Å². The minimum Gasteiger partial charge on any atom is -0.486 e. The highest BCUT2D eigenvalue weighted by atomic mass is 35.5. The van der Waals surface area contributed by atoms with Gasteiger partial charge in [0, 0.05) is 17.8 Å². The molecular weight excluding hydrogens is 427 g/mol. The average Bonchev–Trinajstić information content (AvgIpc) is 3.44. The number of benzene rings is 2. The smallest absolute Gasteiger partial charge is 0.257 e. The minimum absolute atomic E-state index is 0.00266. The van der Waals surface area contributed by atoms with Gasteiger partial charge in [0.1, 0.15) is 18.1 Å². The van der Waals surface area contributed by atoms with Crippen LogP contribution in [0.2, 0.25) is 10.0 Å². The zero-order valence-electron chi connectivity index (χ0n) is 14.5. The SMILES string of the molecule is O=C(Nc1ccc2c(c1)OCCO2)c1cc(S(=O)(=O)NC2CC2)c(Cl)cc1Cl. The summed E-state index contributed by atoms with van der Waals surface area (Å²) in [6.45, 7) is 0.883. The lowest BCUT2D eigenvalue weighted by Crippen LogP contribution is -2.26. The van der Waals surface area contributed by atoms with Gasteiger partial charge in [-0.05, 0) is 37.1 Å². The van der Waals surface area contributed by atoms with Crippen LogP contribution in [-0.4, -0.2) is 33.6 Å². The van der Waals surface area contributed by atoms with E-state index in [1.165, 1.54) is 12.1 Å². The molecule has 0 saturated heterocycles. The number of sulfonamides is 1. The molecule has 0 bridgehead atoms. The molecule has 0 spiro atoms. The minimum atomic E-state index is -3.84. The number of amides is 1. The number of fused-ring (bicyclic) bond motifs is 1. The zero-order valence-corrected chi connectivity index (χ0v) is 16.8. The van der Waals surface area contributed by atoms with Gasteiger partial charge in [-0.2, -0.15) is 0 Å². The molecule has 10 heteroatoms. The maximum atomic E-state index is 12.7. The average molecular weight is 443 g/mol. The van der Waals surface area contributed by atoms with Crippen LogP contribution in [0.15, 0.2) is 35.2 Å². The number of carbonyl (C=O) groups excluding carboxylic acids is 1. The van der Waals surface area contributed by atoms with Crippen LogP contribution in [0.1, 0.15) is 23.2 Å². The number of hydrogen-bond donors (Lipinski definition) is 2. The van der Waals surface area contributed by atoms with Crippen LogP contribution in [0.4, 0.5) is 5.69 Å². The van der Waals surface area contributed by atoms with Crippen molar-refractivity contribution in [2.75, 3.05) is 18.5 Å². The molecule has 1 amide bonds. The van der Waals surface area contributed by atoms with Gasteiger partial charge in [-0.3, -0.25) is 4.79 Å². The van der Waals surface area contributed by atoms with Crippen molar-refractivity contribution >= 4 is 44.8 Å². The highest BCUT2D eigenvalue weighted by Gasteiger charge is 2.30. The third kappa shape index (κ3) is 4.05. The second-order valence-corrected chi connectivity index (χ2v) is 8.97. The van der Waals surface area contributed by atoms with Crippen molar-refractivity contribution in [3.8, 4) is 11.5 Å². The quantitative estimate of drug-likeness (QED) is 0.739. The Hall–Kier alpha value is -2.00. The van der Waals surface area contributed by atoms with E-state index in [1.807, 2.05) is 0 Å². The van der Waals surface area contributed by atoms with Gasteiger partial charge in [-0.15, -0.1) is 0 Å². The van der Waals surface area contributed by atoms with Crippen LogP contribution >= 0.6 is 23.2 Å². The molecule has 148 valence electrons. The Morgan fingerprint density at radius 2 is 1.71 bits per heavy atom. The Labute approximate surface area is 172 Å². The highest BCUT2D eigenvalue weighted by Crippen LogP contribution is 2.34. The molecule has 2 aromatic carbocycles. The first-order valence-electron chi connectivity index (χ1n) is 8.56. The summed E-state index contributed by atoms with van der Waals surface area (Å²) < 4.78 is 38.5. The second kappa shape index (κ2) is 7.44. The van der Waals surface area contributed by atoms with Crippen molar-refractivity contribution in [3.63, 3.8) is 0 Å². The topological polar surface area (TPSA) is 93.7 Å². The Balaban J connectivity index is 1.61. The molecule has 1 fully saturated rings. The molecule has 0 aromatic heterocycles. The molecule has 2 aromatic rings. The maximum absolute atomic E-state index is 12.7. The lowest BCUT2D eigenvalue weighted by atomic mass is 10.2. The zero-order chi connectivity index (χ0) is 19.9. The Bertz CT molecular complexity index is 1050. The predicted molar refractivity (Wildman–Crippen MR) is 105 cm³/mol. The van der Waals surface area contributed by atoms with E-state index in [1.54, 1.807) is 18.2 Å². The summed E-state index contributed by atoms with van der Waals surface area (Å²) in [4.78, 5) is 12.5. The van der Waals surface area contributed by atoms with Crippen molar-refractivity contribution in [3.05, 3.63) is 45.9 Å². The largest absolute Gasteiger partial charge is 0.486 e. The molecule has 28 heavy (non-hydrogen) atoms. The van der Waals surface area contributed by atoms with E-state index < -0.39 is 15.9 Å². The van der Waals surface area contributed by atoms with Crippen LogP contribution in [0, 0.1) is 0 Å². The van der Waals surface area contributed by atoms with Gasteiger partial charge in [-0.1, -0.05) is 23.2 Å². The van der Waals surface area contributed by atoms with E-state index in [4.69, 9.17) is 32.7 Å². The summed E-state index contributed by atoms with van der Waals surface area (Å²) in [6, 6.07) is 7.31. The Morgan fingerprint density at radius 3 is 2.43 bits per heavy atom. The first-order valence-corrected chi connectivity index (χ1v) is 10.8. The third-order valence-corrected chi connectivity index (χ3v) is 6.55. The summed E-state index contributed by atoms with van der Waals surface area (Å²) in [5.74, 6) is 0.540. The number of anilines is 1. The monoisotopic (exact) mass is 442 g/mol. The fraction of sp³-hybridized carbons (Fsp3) is 0.278. The third-order valence-electron chi connectivity index (χ3n) is 4.25. The number of nitrogens with one attached hydrogen (secondary N) is 2. The van der Waals surface area contributed by atoms with Crippen molar-refractivity contribution in [2.45, 2.75) is 23.8 Å². The molecule has 1 aliphatic carbocycles. The van der Waals surface area contributed by atoms with E-state index >= 15 is 0 Å². The molecule has 2 N–H and O–H groups in total. The van der Waals surface area contributed by atoms with E-state index in [9.17, 15) is 13.2 Å². The van der Waals surface area contributed by atoms with Gasteiger partial charge in [0.05, 0.1) is 15.6 Å². The first kappa shape index (κ1) is 19.3. The fourth-order valence-corrected chi connectivity index (χ4v) is 4.88.